The molecule has 1 heterocycles. The number of hydrogen-bond acceptors (Lipinski definition) is 0. The standard InChI is InChI=1S/C34H59N2/c1-4-5-6-7-8-9-10-11-12-13-14-15-16-17-18-19-23-28-34-35(30-31-36(34)32(2)3)29-24-27-33-25-21-20-22-26-33/h20-22,25-26,30-32H,4-19,23-24,27-29H2,1-3H3/q+1. The molecule has 0 saturated carbocycles. The molecule has 0 unspecified atom stereocenters. The van der Waals surface area contributed by atoms with E-state index in [1.165, 1.54) is 140 Å². The molecule has 0 saturated heterocycles. The van der Waals surface area contributed by atoms with Gasteiger partial charge in [0.2, 0.25) is 0 Å². The second kappa shape index (κ2) is 20.5. The minimum Gasteiger partial charge on any atom is -0.234 e. The van der Waals surface area contributed by atoms with Crippen molar-refractivity contribution in [3.63, 3.8) is 0 Å². The molecule has 0 amide bonds. The van der Waals surface area contributed by atoms with Crippen LogP contribution < -0.4 is 4.57 Å². The van der Waals surface area contributed by atoms with Gasteiger partial charge in [0, 0.05) is 6.42 Å². The molecule has 1 aromatic carbocycles. The molecular formula is C34H59N2+. The Morgan fingerprint density at radius 3 is 1.61 bits per heavy atom. The molecule has 0 bridgehead atoms. The van der Waals surface area contributed by atoms with Crippen molar-refractivity contribution in [1.29, 1.82) is 0 Å². The van der Waals surface area contributed by atoms with E-state index in [0.717, 1.165) is 6.54 Å². The van der Waals surface area contributed by atoms with Crippen molar-refractivity contribution >= 4 is 0 Å². The number of nitrogens with zero attached hydrogens (tertiary/aromatic N) is 2. The van der Waals surface area contributed by atoms with Crippen LogP contribution in [-0.4, -0.2) is 4.57 Å². The van der Waals surface area contributed by atoms with Crippen molar-refractivity contribution in [2.45, 2.75) is 162 Å². The smallest absolute Gasteiger partial charge is 0.234 e. The molecule has 0 aliphatic rings. The Kier molecular flexibility index (Phi) is 17.4. The van der Waals surface area contributed by atoms with Crippen molar-refractivity contribution < 1.29 is 4.57 Å². The summed E-state index contributed by atoms with van der Waals surface area (Å²) in [4.78, 5) is 0. The van der Waals surface area contributed by atoms with Crippen LogP contribution in [0.5, 0.6) is 0 Å². The predicted octanol–water partition coefficient (Wildman–Crippen LogP) is 10.2. The van der Waals surface area contributed by atoms with E-state index in [4.69, 9.17) is 0 Å². The minimum atomic E-state index is 0.543. The lowest BCUT2D eigenvalue weighted by molar-refractivity contribution is -0.704. The quantitative estimate of drug-likeness (QED) is 0.107. The lowest BCUT2D eigenvalue weighted by Crippen LogP contribution is -2.37. The molecule has 36 heavy (non-hydrogen) atoms. The highest BCUT2D eigenvalue weighted by atomic mass is 15.2. The van der Waals surface area contributed by atoms with E-state index >= 15 is 0 Å². The molecule has 1 aromatic heterocycles. The molecule has 0 spiro atoms. The Labute approximate surface area is 224 Å². The van der Waals surface area contributed by atoms with Gasteiger partial charge in [-0.05, 0) is 38.7 Å². The number of imidazole rings is 1. The van der Waals surface area contributed by atoms with Gasteiger partial charge in [-0.3, -0.25) is 0 Å². The van der Waals surface area contributed by atoms with Gasteiger partial charge in [0.25, 0.3) is 5.82 Å². The molecule has 2 rings (SSSR count). The monoisotopic (exact) mass is 495 g/mol. The van der Waals surface area contributed by atoms with E-state index in [1.54, 1.807) is 0 Å². The molecular weight excluding hydrogens is 436 g/mol. The summed E-state index contributed by atoms with van der Waals surface area (Å²) < 4.78 is 5.02. The largest absolute Gasteiger partial charge is 0.256 e. The molecule has 0 fully saturated rings. The highest BCUT2D eigenvalue weighted by Gasteiger charge is 2.18. The highest BCUT2D eigenvalue weighted by Crippen LogP contribution is 2.15. The van der Waals surface area contributed by atoms with Crippen molar-refractivity contribution in [3.05, 3.63) is 54.1 Å². The van der Waals surface area contributed by atoms with Gasteiger partial charge < -0.3 is 0 Å². The zero-order valence-electron chi connectivity index (χ0n) is 24.4. The lowest BCUT2D eigenvalue weighted by atomic mass is 10.0. The van der Waals surface area contributed by atoms with Crippen LogP contribution in [0.15, 0.2) is 42.7 Å². The number of hydrogen-bond donors (Lipinski definition) is 0. The van der Waals surface area contributed by atoms with Gasteiger partial charge in [0.15, 0.2) is 0 Å². The molecule has 0 aliphatic heterocycles. The molecule has 2 aromatic rings. The first kappa shape index (κ1) is 30.7. The fourth-order valence-electron chi connectivity index (χ4n) is 5.53. The van der Waals surface area contributed by atoms with E-state index < -0.39 is 0 Å². The van der Waals surface area contributed by atoms with Crippen LogP contribution in [0.25, 0.3) is 0 Å². The molecule has 2 heteroatoms. The van der Waals surface area contributed by atoms with Crippen LogP contribution in [0.1, 0.15) is 154 Å². The number of benzene rings is 1. The van der Waals surface area contributed by atoms with Gasteiger partial charge >= 0.3 is 0 Å². The average Bonchev–Trinajstić information content (AvgIpc) is 3.29. The summed E-state index contributed by atoms with van der Waals surface area (Å²) in [5, 5.41) is 0. The predicted molar refractivity (Wildman–Crippen MR) is 158 cm³/mol. The van der Waals surface area contributed by atoms with Crippen LogP contribution in [0.3, 0.4) is 0 Å². The zero-order valence-corrected chi connectivity index (χ0v) is 24.4. The van der Waals surface area contributed by atoms with Crippen LogP contribution >= 0.6 is 0 Å². The minimum absolute atomic E-state index is 0.543. The van der Waals surface area contributed by atoms with E-state index in [0.29, 0.717) is 6.04 Å². The third kappa shape index (κ3) is 13.7. The summed E-state index contributed by atoms with van der Waals surface area (Å²) in [5.74, 6) is 1.53. The first-order valence-electron chi connectivity index (χ1n) is 15.9. The first-order valence-corrected chi connectivity index (χ1v) is 15.9. The van der Waals surface area contributed by atoms with E-state index in [2.05, 4.69) is 72.6 Å². The molecule has 0 aliphatic carbocycles. The lowest BCUT2D eigenvalue weighted by Gasteiger charge is -2.08. The second-order valence-corrected chi connectivity index (χ2v) is 11.4. The Bertz CT molecular complexity index is 746. The van der Waals surface area contributed by atoms with Crippen molar-refractivity contribution in [2.24, 2.45) is 0 Å². The van der Waals surface area contributed by atoms with Crippen LogP contribution in [-0.2, 0) is 19.4 Å². The number of aryl methyl sites for hydroxylation is 2. The SMILES string of the molecule is CCCCCCCCCCCCCCCCCCCc1n(C(C)C)cc[n+]1CCCc1ccccc1. The Morgan fingerprint density at radius 1 is 0.611 bits per heavy atom. The molecule has 204 valence electrons. The Morgan fingerprint density at radius 2 is 1.11 bits per heavy atom. The summed E-state index contributed by atoms with van der Waals surface area (Å²) in [7, 11) is 0. The van der Waals surface area contributed by atoms with Crippen molar-refractivity contribution in [1.82, 2.24) is 4.57 Å². The number of aromatic nitrogens is 2. The van der Waals surface area contributed by atoms with Gasteiger partial charge in [-0.2, -0.15) is 0 Å². The fourth-order valence-corrected chi connectivity index (χ4v) is 5.53. The Balaban J connectivity index is 1.49. The van der Waals surface area contributed by atoms with E-state index in [9.17, 15) is 0 Å². The van der Waals surface area contributed by atoms with Crippen molar-refractivity contribution in [2.75, 3.05) is 0 Å². The maximum absolute atomic E-state index is 2.52. The molecule has 0 N–H and O–H groups in total. The van der Waals surface area contributed by atoms with Crippen LogP contribution in [0.4, 0.5) is 0 Å². The maximum atomic E-state index is 2.52. The summed E-state index contributed by atoms with van der Waals surface area (Å²) in [6.07, 6.45) is 32.6. The Hall–Kier alpha value is -1.57. The second-order valence-electron chi connectivity index (χ2n) is 11.4. The maximum Gasteiger partial charge on any atom is 0.256 e. The summed E-state index contributed by atoms with van der Waals surface area (Å²) in [6.45, 7) is 8.05. The van der Waals surface area contributed by atoms with Gasteiger partial charge in [-0.15, -0.1) is 0 Å². The molecule has 0 atom stereocenters. The summed E-state index contributed by atoms with van der Waals surface area (Å²) in [5.41, 5.74) is 1.45. The average molecular weight is 496 g/mol. The normalized spacial score (nSPS) is 11.6. The molecule has 2 nitrogen and oxygen atoms in total. The van der Waals surface area contributed by atoms with E-state index in [-0.39, 0.29) is 0 Å². The van der Waals surface area contributed by atoms with Crippen LogP contribution in [0.2, 0.25) is 0 Å². The first-order chi connectivity index (χ1) is 17.7. The van der Waals surface area contributed by atoms with Gasteiger partial charge in [-0.1, -0.05) is 140 Å². The third-order valence-electron chi connectivity index (χ3n) is 7.80. The fraction of sp³-hybridized carbons (Fsp3) is 0.735. The van der Waals surface area contributed by atoms with Crippen LogP contribution in [0, 0.1) is 0 Å². The summed E-state index contributed by atoms with van der Waals surface area (Å²) in [6, 6.07) is 11.5. The zero-order chi connectivity index (χ0) is 25.7. The molecule has 0 radical (unpaired) electrons. The van der Waals surface area contributed by atoms with Gasteiger partial charge in [0.1, 0.15) is 12.4 Å². The number of rotatable bonds is 23. The van der Waals surface area contributed by atoms with Gasteiger partial charge in [-0.25, -0.2) is 9.13 Å². The highest BCUT2D eigenvalue weighted by molar-refractivity contribution is 5.14. The third-order valence-corrected chi connectivity index (χ3v) is 7.80. The van der Waals surface area contributed by atoms with Crippen molar-refractivity contribution in [3.8, 4) is 0 Å². The van der Waals surface area contributed by atoms with Gasteiger partial charge in [0.05, 0.1) is 12.6 Å². The van der Waals surface area contributed by atoms with E-state index in [1.807, 2.05) is 0 Å². The summed E-state index contributed by atoms with van der Waals surface area (Å²) >= 11 is 0. The topological polar surface area (TPSA) is 8.81 Å². The number of unbranched alkanes of at least 4 members (excludes halogenated alkanes) is 16.